The summed E-state index contributed by atoms with van der Waals surface area (Å²) in [4.78, 5) is 0. The van der Waals surface area contributed by atoms with Crippen LogP contribution >= 0.6 is 11.6 Å². The minimum atomic E-state index is -0.639. The number of hydrogen-bond acceptors (Lipinski definition) is 2. The maximum Gasteiger partial charge on any atom is 0.122 e. The number of methoxy groups -OCH3 is 1. The average Bonchev–Trinajstić information content (AvgIpc) is 2.27. The number of halogens is 1. The molecule has 17 heavy (non-hydrogen) atoms. The molecule has 0 spiro atoms. The largest absolute Gasteiger partial charge is 0.496 e. The topological polar surface area (TPSA) is 29.5 Å². The number of rotatable bonds is 4. The summed E-state index contributed by atoms with van der Waals surface area (Å²) in [5.74, 6) is 1.22. The van der Waals surface area contributed by atoms with Gasteiger partial charge in [0.25, 0.3) is 0 Å². The van der Waals surface area contributed by atoms with Crippen LogP contribution in [0.1, 0.15) is 49.5 Å². The van der Waals surface area contributed by atoms with E-state index >= 15 is 0 Å². The van der Waals surface area contributed by atoms with Gasteiger partial charge in [0, 0.05) is 0 Å². The minimum Gasteiger partial charge on any atom is -0.496 e. The fourth-order valence-corrected chi connectivity index (χ4v) is 2.05. The Hall–Kier alpha value is -0.730. The average molecular weight is 257 g/mol. The summed E-state index contributed by atoms with van der Waals surface area (Å²) in [6, 6.07) is 3.97. The van der Waals surface area contributed by atoms with E-state index in [-0.39, 0.29) is 5.38 Å². The number of benzene rings is 1. The lowest BCUT2D eigenvalue weighted by Gasteiger charge is -2.20. The Morgan fingerprint density at radius 2 is 1.76 bits per heavy atom. The number of aryl methyl sites for hydroxylation is 1. The standard InChI is InChI=1S/C14H21ClO2/c1-8(2)11-7-12(14(16)10(4)15)9(3)6-13(11)17-5/h6-8,10,14,16H,1-5H3. The SMILES string of the molecule is COc1cc(C)c(C(O)C(C)Cl)cc1C(C)C. The van der Waals surface area contributed by atoms with E-state index < -0.39 is 6.10 Å². The van der Waals surface area contributed by atoms with E-state index in [9.17, 15) is 5.11 Å². The second-order valence-electron chi connectivity index (χ2n) is 4.73. The molecule has 96 valence electrons. The normalized spacial score (nSPS) is 14.8. The smallest absolute Gasteiger partial charge is 0.122 e. The highest BCUT2D eigenvalue weighted by Gasteiger charge is 2.19. The molecule has 0 aromatic heterocycles. The van der Waals surface area contributed by atoms with Crippen LogP contribution in [-0.2, 0) is 0 Å². The van der Waals surface area contributed by atoms with Crippen LogP contribution in [0.5, 0.6) is 5.75 Å². The first-order valence-electron chi connectivity index (χ1n) is 5.89. The Balaban J connectivity index is 3.29. The molecule has 0 aliphatic rings. The molecule has 0 bridgehead atoms. The Bertz CT molecular complexity index is 386. The van der Waals surface area contributed by atoms with Gasteiger partial charge in [-0.05, 0) is 48.6 Å². The van der Waals surface area contributed by atoms with Gasteiger partial charge in [0.05, 0.1) is 18.6 Å². The molecule has 2 atom stereocenters. The summed E-state index contributed by atoms with van der Waals surface area (Å²) in [7, 11) is 1.67. The molecular weight excluding hydrogens is 236 g/mol. The lowest BCUT2D eigenvalue weighted by Crippen LogP contribution is -2.11. The van der Waals surface area contributed by atoms with Gasteiger partial charge in [0.1, 0.15) is 5.75 Å². The van der Waals surface area contributed by atoms with Crippen LogP contribution in [0.2, 0.25) is 0 Å². The van der Waals surface area contributed by atoms with Gasteiger partial charge in [-0.3, -0.25) is 0 Å². The maximum absolute atomic E-state index is 10.1. The first-order chi connectivity index (χ1) is 7.88. The van der Waals surface area contributed by atoms with Crippen molar-refractivity contribution in [1.82, 2.24) is 0 Å². The summed E-state index contributed by atoms with van der Waals surface area (Å²) in [5.41, 5.74) is 2.99. The summed E-state index contributed by atoms with van der Waals surface area (Å²) in [5, 5.41) is 9.77. The molecule has 0 aliphatic heterocycles. The molecule has 2 unspecified atom stereocenters. The third-order valence-corrected chi connectivity index (χ3v) is 3.23. The summed E-state index contributed by atoms with van der Waals surface area (Å²) < 4.78 is 5.37. The monoisotopic (exact) mass is 256 g/mol. The Morgan fingerprint density at radius 3 is 2.18 bits per heavy atom. The lowest BCUT2D eigenvalue weighted by molar-refractivity contribution is 0.176. The van der Waals surface area contributed by atoms with Crippen molar-refractivity contribution in [3.63, 3.8) is 0 Å². The van der Waals surface area contributed by atoms with Crippen molar-refractivity contribution in [3.05, 3.63) is 28.8 Å². The summed E-state index contributed by atoms with van der Waals surface area (Å²) in [6.07, 6.45) is -0.639. The van der Waals surface area contributed by atoms with Crippen LogP contribution in [0.4, 0.5) is 0 Å². The molecule has 0 aliphatic carbocycles. The maximum atomic E-state index is 10.1. The summed E-state index contributed by atoms with van der Waals surface area (Å²) in [6.45, 7) is 7.97. The van der Waals surface area contributed by atoms with Crippen molar-refractivity contribution in [1.29, 1.82) is 0 Å². The molecule has 3 heteroatoms. The van der Waals surface area contributed by atoms with Crippen molar-refractivity contribution in [2.75, 3.05) is 7.11 Å². The fraction of sp³-hybridized carbons (Fsp3) is 0.571. The second kappa shape index (κ2) is 5.74. The van der Waals surface area contributed by atoms with E-state index in [1.165, 1.54) is 0 Å². The van der Waals surface area contributed by atoms with Crippen LogP contribution in [0.3, 0.4) is 0 Å². The highest BCUT2D eigenvalue weighted by Crippen LogP contribution is 2.33. The fourth-order valence-electron chi connectivity index (χ4n) is 1.91. The molecule has 0 heterocycles. The van der Waals surface area contributed by atoms with Gasteiger partial charge < -0.3 is 9.84 Å². The van der Waals surface area contributed by atoms with Gasteiger partial charge in [0.15, 0.2) is 0 Å². The van der Waals surface area contributed by atoms with E-state index in [1.807, 2.05) is 19.1 Å². The Morgan fingerprint density at radius 1 is 1.18 bits per heavy atom. The van der Waals surface area contributed by atoms with Crippen molar-refractivity contribution in [3.8, 4) is 5.75 Å². The number of alkyl halides is 1. The molecule has 0 radical (unpaired) electrons. The van der Waals surface area contributed by atoms with Crippen LogP contribution < -0.4 is 4.74 Å². The van der Waals surface area contributed by atoms with Crippen LogP contribution in [0.25, 0.3) is 0 Å². The third-order valence-electron chi connectivity index (χ3n) is 2.99. The van der Waals surface area contributed by atoms with Gasteiger partial charge in [-0.2, -0.15) is 0 Å². The van der Waals surface area contributed by atoms with Crippen molar-refractivity contribution in [2.24, 2.45) is 0 Å². The zero-order chi connectivity index (χ0) is 13.2. The van der Waals surface area contributed by atoms with E-state index in [0.29, 0.717) is 5.92 Å². The Labute approximate surface area is 109 Å². The van der Waals surface area contributed by atoms with Gasteiger partial charge in [-0.15, -0.1) is 11.6 Å². The highest BCUT2D eigenvalue weighted by molar-refractivity contribution is 6.20. The van der Waals surface area contributed by atoms with Crippen molar-refractivity contribution in [2.45, 2.75) is 45.1 Å². The van der Waals surface area contributed by atoms with Crippen LogP contribution in [0, 0.1) is 6.92 Å². The quantitative estimate of drug-likeness (QED) is 0.831. The molecule has 0 amide bonds. The molecule has 1 aromatic carbocycles. The molecule has 0 fully saturated rings. The van der Waals surface area contributed by atoms with E-state index in [4.69, 9.17) is 16.3 Å². The number of hydrogen-bond donors (Lipinski definition) is 1. The molecule has 1 N–H and O–H groups in total. The first-order valence-corrected chi connectivity index (χ1v) is 6.32. The van der Waals surface area contributed by atoms with Gasteiger partial charge >= 0.3 is 0 Å². The number of aliphatic hydroxyl groups is 1. The first kappa shape index (κ1) is 14.3. The van der Waals surface area contributed by atoms with E-state index in [2.05, 4.69) is 13.8 Å². The molecular formula is C14H21ClO2. The van der Waals surface area contributed by atoms with Crippen molar-refractivity contribution < 1.29 is 9.84 Å². The van der Waals surface area contributed by atoms with E-state index in [0.717, 1.165) is 22.4 Å². The van der Waals surface area contributed by atoms with Crippen LogP contribution in [-0.4, -0.2) is 17.6 Å². The molecule has 1 aromatic rings. The van der Waals surface area contributed by atoms with Gasteiger partial charge in [0.2, 0.25) is 0 Å². The predicted molar refractivity (Wildman–Crippen MR) is 72.1 cm³/mol. The number of aliphatic hydroxyl groups excluding tert-OH is 1. The third kappa shape index (κ3) is 3.14. The minimum absolute atomic E-state index is 0.304. The number of ether oxygens (including phenoxy) is 1. The molecule has 1 rings (SSSR count). The zero-order valence-corrected chi connectivity index (χ0v) is 11.9. The molecule has 0 saturated carbocycles. The zero-order valence-electron chi connectivity index (χ0n) is 11.1. The van der Waals surface area contributed by atoms with Gasteiger partial charge in [-0.1, -0.05) is 13.8 Å². The lowest BCUT2D eigenvalue weighted by atomic mass is 9.93. The Kier molecular flexibility index (Phi) is 4.84. The predicted octanol–water partition coefficient (Wildman–Crippen LogP) is 3.79. The second-order valence-corrected chi connectivity index (χ2v) is 5.42. The van der Waals surface area contributed by atoms with Crippen molar-refractivity contribution >= 4 is 11.6 Å². The molecule has 0 saturated heterocycles. The van der Waals surface area contributed by atoms with Gasteiger partial charge in [-0.25, -0.2) is 0 Å². The highest BCUT2D eigenvalue weighted by atomic mass is 35.5. The summed E-state index contributed by atoms with van der Waals surface area (Å²) >= 11 is 5.96. The van der Waals surface area contributed by atoms with Crippen LogP contribution in [0.15, 0.2) is 12.1 Å². The molecule has 2 nitrogen and oxygen atoms in total. The van der Waals surface area contributed by atoms with E-state index in [1.54, 1.807) is 14.0 Å².